The number of dihydropyridines is 1. The number of allylic oxidation sites excluding steroid dienone is 1. The lowest BCUT2D eigenvalue weighted by molar-refractivity contribution is -0.138. The van der Waals surface area contributed by atoms with Gasteiger partial charge in [0.2, 0.25) is 5.97 Å². The second-order valence-electron chi connectivity index (χ2n) is 7.11. The summed E-state index contributed by atoms with van der Waals surface area (Å²) in [5.74, 6) is -0.481. The number of aromatic nitrogens is 3. The Morgan fingerprint density at radius 2 is 1.94 bits per heavy atom. The van der Waals surface area contributed by atoms with E-state index in [0.29, 0.717) is 40.8 Å². The minimum absolute atomic E-state index is 0.182. The van der Waals surface area contributed by atoms with Gasteiger partial charge in [0, 0.05) is 17.8 Å². The number of nitrogens with one attached hydrogen (secondary N) is 1. The van der Waals surface area contributed by atoms with Crippen molar-refractivity contribution in [3.63, 3.8) is 0 Å². The SMILES string of the molecule is COc1cc(OCc2ncc(C(F)(F)F)cc2F)ccc1-c1cnc(C2C=CC(F)=NC2)[nH]1. The molecule has 3 aromatic rings. The van der Waals surface area contributed by atoms with Gasteiger partial charge in [-0.05, 0) is 24.3 Å². The molecule has 1 atom stereocenters. The Hall–Kier alpha value is -3.76. The van der Waals surface area contributed by atoms with Crippen LogP contribution in [0.1, 0.15) is 23.0 Å². The van der Waals surface area contributed by atoms with Gasteiger partial charge >= 0.3 is 6.18 Å². The van der Waals surface area contributed by atoms with Crippen LogP contribution in [0.25, 0.3) is 11.3 Å². The van der Waals surface area contributed by atoms with Crippen molar-refractivity contribution in [2.45, 2.75) is 18.7 Å². The summed E-state index contributed by atoms with van der Waals surface area (Å²) >= 11 is 0. The first-order chi connectivity index (χ1) is 15.7. The zero-order valence-electron chi connectivity index (χ0n) is 17.2. The molecular weight excluding hydrogens is 447 g/mol. The van der Waals surface area contributed by atoms with Gasteiger partial charge in [-0.25, -0.2) is 9.37 Å². The predicted molar refractivity (Wildman–Crippen MR) is 109 cm³/mol. The molecule has 0 amide bonds. The molecule has 0 radical (unpaired) electrons. The highest BCUT2D eigenvalue weighted by atomic mass is 19.4. The van der Waals surface area contributed by atoms with Crippen molar-refractivity contribution in [3.05, 3.63) is 71.7 Å². The number of hydrogen-bond donors (Lipinski definition) is 1. The third kappa shape index (κ3) is 5.02. The molecule has 0 saturated carbocycles. The number of methoxy groups -OCH3 is 1. The van der Waals surface area contributed by atoms with Crippen molar-refractivity contribution in [1.29, 1.82) is 0 Å². The lowest BCUT2D eigenvalue weighted by Gasteiger charge is -2.12. The largest absolute Gasteiger partial charge is 0.496 e. The van der Waals surface area contributed by atoms with E-state index in [9.17, 15) is 22.0 Å². The molecule has 6 nitrogen and oxygen atoms in total. The maximum atomic E-state index is 14.0. The van der Waals surface area contributed by atoms with Crippen LogP contribution >= 0.6 is 0 Å². The fraction of sp³-hybridized carbons (Fsp3) is 0.227. The van der Waals surface area contributed by atoms with E-state index in [4.69, 9.17) is 9.47 Å². The molecule has 11 heteroatoms. The Labute approximate surface area is 184 Å². The lowest BCUT2D eigenvalue weighted by atomic mass is 10.1. The van der Waals surface area contributed by atoms with E-state index in [2.05, 4.69) is 19.9 Å². The van der Waals surface area contributed by atoms with Crippen molar-refractivity contribution in [2.75, 3.05) is 13.7 Å². The molecule has 0 spiro atoms. The van der Waals surface area contributed by atoms with Crippen molar-refractivity contribution in [1.82, 2.24) is 15.0 Å². The number of rotatable bonds is 6. The number of benzene rings is 1. The molecule has 3 heterocycles. The number of hydrogen-bond acceptors (Lipinski definition) is 5. The minimum atomic E-state index is -4.68. The molecular formula is C22H17F5N4O2. The smallest absolute Gasteiger partial charge is 0.417 e. The second kappa shape index (κ2) is 9.00. The lowest BCUT2D eigenvalue weighted by Crippen LogP contribution is -2.09. The molecule has 172 valence electrons. The number of pyridine rings is 1. The van der Waals surface area contributed by atoms with Crippen molar-refractivity contribution >= 4 is 5.97 Å². The van der Waals surface area contributed by atoms with Crippen LogP contribution in [0.15, 0.2) is 53.8 Å². The quantitative estimate of drug-likeness (QED) is 0.507. The first-order valence-electron chi connectivity index (χ1n) is 9.70. The van der Waals surface area contributed by atoms with Gasteiger partial charge in [0.1, 0.15) is 35.4 Å². The van der Waals surface area contributed by atoms with Crippen LogP contribution in [0.5, 0.6) is 11.5 Å². The van der Waals surface area contributed by atoms with Crippen molar-refractivity contribution < 1.29 is 31.4 Å². The van der Waals surface area contributed by atoms with Crippen LogP contribution in [0.3, 0.4) is 0 Å². The molecule has 4 rings (SSSR count). The van der Waals surface area contributed by atoms with Crippen LogP contribution in [-0.4, -0.2) is 34.6 Å². The van der Waals surface area contributed by atoms with Crippen LogP contribution < -0.4 is 9.47 Å². The summed E-state index contributed by atoms with van der Waals surface area (Å²) in [4.78, 5) is 14.8. The van der Waals surface area contributed by atoms with Crippen LogP contribution in [-0.2, 0) is 12.8 Å². The number of aliphatic imine (C=N–C) groups is 1. The molecule has 0 fully saturated rings. The van der Waals surface area contributed by atoms with Crippen LogP contribution in [0.2, 0.25) is 0 Å². The van der Waals surface area contributed by atoms with Gasteiger partial charge in [-0.3, -0.25) is 9.98 Å². The summed E-state index contributed by atoms with van der Waals surface area (Å²) in [6, 6.07) is 5.22. The van der Waals surface area contributed by atoms with Gasteiger partial charge in [0.15, 0.2) is 0 Å². The summed E-state index contributed by atoms with van der Waals surface area (Å²) in [6.45, 7) is -0.125. The molecule has 0 aliphatic carbocycles. The summed E-state index contributed by atoms with van der Waals surface area (Å²) in [5.41, 5.74) is -0.123. The summed E-state index contributed by atoms with van der Waals surface area (Å²) in [7, 11) is 1.46. The Morgan fingerprint density at radius 1 is 1.12 bits per heavy atom. The number of H-pyrrole nitrogens is 1. The molecule has 2 aromatic heterocycles. The Kier molecular flexibility index (Phi) is 6.12. The summed E-state index contributed by atoms with van der Waals surface area (Å²) in [5, 5.41) is 0. The highest BCUT2D eigenvalue weighted by Crippen LogP contribution is 2.34. The summed E-state index contributed by atoms with van der Waals surface area (Å²) in [6.07, 6.45) is 0.449. The molecule has 0 bridgehead atoms. The monoisotopic (exact) mass is 464 g/mol. The van der Waals surface area contributed by atoms with E-state index in [-0.39, 0.29) is 24.8 Å². The first kappa shape index (κ1) is 22.4. The molecule has 1 aliphatic heterocycles. The fourth-order valence-corrected chi connectivity index (χ4v) is 3.20. The van der Waals surface area contributed by atoms with Gasteiger partial charge in [-0.1, -0.05) is 6.08 Å². The Balaban J connectivity index is 1.48. The van der Waals surface area contributed by atoms with Gasteiger partial charge < -0.3 is 14.5 Å². The van der Waals surface area contributed by atoms with E-state index in [1.807, 2.05) is 0 Å². The Morgan fingerprint density at radius 3 is 2.61 bits per heavy atom. The molecule has 1 aromatic carbocycles. The maximum absolute atomic E-state index is 14.0. The molecule has 1 unspecified atom stereocenters. The topological polar surface area (TPSA) is 72.4 Å². The average Bonchev–Trinajstić information content (AvgIpc) is 3.28. The zero-order chi connectivity index (χ0) is 23.6. The molecule has 0 saturated heterocycles. The molecule has 33 heavy (non-hydrogen) atoms. The zero-order valence-corrected chi connectivity index (χ0v) is 17.2. The van der Waals surface area contributed by atoms with E-state index in [1.54, 1.807) is 30.5 Å². The maximum Gasteiger partial charge on any atom is 0.417 e. The normalized spacial score (nSPS) is 15.9. The Bertz CT molecular complexity index is 1220. The van der Waals surface area contributed by atoms with Crippen molar-refractivity contribution in [3.8, 4) is 22.8 Å². The fourth-order valence-electron chi connectivity index (χ4n) is 3.20. The van der Waals surface area contributed by atoms with Gasteiger partial charge in [-0.15, -0.1) is 0 Å². The summed E-state index contributed by atoms with van der Waals surface area (Å²) < 4.78 is 75.9. The van der Waals surface area contributed by atoms with E-state index < -0.39 is 23.5 Å². The van der Waals surface area contributed by atoms with Crippen molar-refractivity contribution in [2.24, 2.45) is 4.99 Å². The predicted octanol–water partition coefficient (Wildman–Crippen LogP) is 5.24. The highest BCUT2D eigenvalue weighted by Gasteiger charge is 2.32. The van der Waals surface area contributed by atoms with Gasteiger partial charge in [0.05, 0.1) is 37.0 Å². The van der Waals surface area contributed by atoms with Crippen LogP contribution in [0.4, 0.5) is 22.0 Å². The van der Waals surface area contributed by atoms with E-state index in [1.165, 1.54) is 13.2 Å². The van der Waals surface area contributed by atoms with E-state index in [0.717, 1.165) is 0 Å². The average molecular weight is 464 g/mol. The minimum Gasteiger partial charge on any atom is -0.496 e. The number of ether oxygens (including phenoxy) is 2. The number of aromatic amines is 1. The number of halogens is 5. The standard InChI is InChI=1S/C22H17F5N4O2/c1-32-19-7-14(33-11-18-16(23)6-13(9-28-18)22(25,26)27)3-4-15(19)17-10-30-21(31-17)12-2-5-20(24)29-8-12/h2-7,9-10,12H,8,11H2,1H3,(H,30,31). The number of nitrogens with zero attached hydrogens (tertiary/aromatic N) is 3. The first-order valence-corrected chi connectivity index (χ1v) is 9.70. The number of alkyl halides is 3. The highest BCUT2D eigenvalue weighted by molar-refractivity contribution is 5.87. The molecule has 1 N–H and O–H groups in total. The van der Waals surface area contributed by atoms with Crippen LogP contribution in [0, 0.1) is 5.82 Å². The third-order valence-electron chi connectivity index (χ3n) is 4.94. The second-order valence-corrected chi connectivity index (χ2v) is 7.11. The third-order valence-corrected chi connectivity index (χ3v) is 4.94. The van der Waals surface area contributed by atoms with E-state index >= 15 is 0 Å². The van der Waals surface area contributed by atoms with Gasteiger partial charge in [0.25, 0.3) is 0 Å². The number of imidazole rings is 1. The molecule has 1 aliphatic rings. The van der Waals surface area contributed by atoms with Gasteiger partial charge in [-0.2, -0.15) is 17.6 Å².